The predicted octanol–water partition coefficient (Wildman–Crippen LogP) is 3.33. The fourth-order valence-corrected chi connectivity index (χ4v) is 1.86. The van der Waals surface area contributed by atoms with Crippen molar-refractivity contribution >= 4 is 5.69 Å². The van der Waals surface area contributed by atoms with Crippen LogP contribution in [0.1, 0.15) is 5.56 Å². The molecule has 2 aromatic carbocycles. The number of hydrogen-bond donors (Lipinski definition) is 1. The molecule has 0 aliphatic carbocycles. The molecule has 0 heterocycles. The van der Waals surface area contributed by atoms with Crippen LogP contribution in [0, 0.1) is 0 Å². The van der Waals surface area contributed by atoms with Gasteiger partial charge in [-0.25, -0.2) is 0 Å². The van der Waals surface area contributed by atoms with E-state index < -0.39 is 0 Å². The van der Waals surface area contributed by atoms with Crippen LogP contribution in [0.5, 0.6) is 11.5 Å². The molecule has 0 spiro atoms. The van der Waals surface area contributed by atoms with E-state index in [1.54, 1.807) is 14.2 Å². The van der Waals surface area contributed by atoms with Crippen LogP contribution >= 0.6 is 0 Å². The van der Waals surface area contributed by atoms with Crippen molar-refractivity contribution in [3.05, 3.63) is 54.1 Å². The molecule has 4 nitrogen and oxygen atoms in total. The molecule has 112 valence electrons. The molecule has 0 atom stereocenters. The van der Waals surface area contributed by atoms with Gasteiger partial charge in [0.1, 0.15) is 18.1 Å². The summed E-state index contributed by atoms with van der Waals surface area (Å²) in [5, 5.41) is 3.37. The van der Waals surface area contributed by atoms with Crippen molar-refractivity contribution in [3.63, 3.8) is 0 Å². The SMILES string of the molecule is COCCOc1ccc(CNc2ccc(OC)cc2)cc1. The van der Waals surface area contributed by atoms with Gasteiger partial charge in [-0.2, -0.15) is 0 Å². The maximum absolute atomic E-state index is 5.53. The maximum atomic E-state index is 5.53. The Morgan fingerprint density at radius 3 is 2.10 bits per heavy atom. The predicted molar refractivity (Wildman–Crippen MR) is 84.1 cm³/mol. The van der Waals surface area contributed by atoms with Crippen molar-refractivity contribution in [3.8, 4) is 11.5 Å². The van der Waals surface area contributed by atoms with Crippen LogP contribution in [0.25, 0.3) is 0 Å². The first kappa shape index (κ1) is 15.2. The van der Waals surface area contributed by atoms with Gasteiger partial charge in [0, 0.05) is 19.3 Å². The largest absolute Gasteiger partial charge is 0.497 e. The van der Waals surface area contributed by atoms with Crippen molar-refractivity contribution < 1.29 is 14.2 Å². The Balaban J connectivity index is 1.82. The fraction of sp³-hybridized carbons (Fsp3) is 0.294. The Labute approximate surface area is 125 Å². The molecule has 0 aliphatic rings. The molecule has 2 rings (SSSR count). The lowest BCUT2D eigenvalue weighted by Crippen LogP contribution is -2.04. The molecule has 0 saturated heterocycles. The highest BCUT2D eigenvalue weighted by atomic mass is 16.5. The molecule has 21 heavy (non-hydrogen) atoms. The van der Waals surface area contributed by atoms with Crippen LogP contribution in [-0.4, -0.2) is 27.4 Å². The first-order valence-corrected chi connectivity index (χ1v) is 6.90. The Morgan fingerprint density at radius 1 is 0.810 bits per heavy atom. The minimum atomic E-state index is 0.569. The van der Waals surface area contributed by atoms with Gasteiger partial charge in [0.15, 0.2) is 0 Å². The number of anilines is 1. The lowest BCUT2D eigenvalue weighted by atomic mass is 10.2. The normalized spacial score (nSPS) is 10.2. The van der Waals surface area contributed by atoms with Gasteiger partial charge >= 0.3 is 0 Å². The topological polar surface area (TPSA) is 39.7 Å². The van der Waals surface area contributed by atoms with Crippen molar-refractivity contribution in [2.24, 2.45) is 0 Å². The summed E-state index contributed by atoms with van der Waals surface area (Å²) in [6.45, 7) is 1.94. The van der Waals surface area contributed by atoms with E-state index in [4.69, 9.17) is 14.2 Å². The first-order chi connectivity index (χ1) is 10.3. The van der Waals surface area contributed by atoms with E-state index in [9.17, 15) is 0 Å². The van der Waals surface area contributed by atoms with E-state index in [-0.39, 0.29) is 0 Å². The second-order valence-corrected chi connectivity index (χ2v) is 4.57. The number of rotatable bonds is 8. The number of nitrogens with one attached hydrogen (secondary N) is 1. The third-order valence-corrected chi connectivity index (χ3v) is 3.07. The van der Waals surface area contributed by atoms with Gasteiger partial charge in [0.25, 0.3) is 0 Å². The Bertz CT molecular complexity index is 523. The number of hydrogen-bond acceptors (Lipinski definition) is 4. The van der Waals surface area contributed by atoms with Gasteiger partial charge in [0.05, 0.1) is 13.7 Å². The number of methoxy groups -OCH3 is 2. The summed E-state index contributed by atoms with van der Waals surface area (Å²) in [4.78, 5) is 0. The van der Waals surface area contributed by atoms with E-state index >= 15 is 0 Å². The van der Waals surface area contributed by atoms with E-state index in [0.717, 1.165) is 23.7 Å². The standard InChI is InChI=1S/C17H21NO3/c1-19-11-12-21-17-7-3-14(4-8-17)13-18-15-5-9-16(20-2)10-6-15/h3-10,18H,11-13H2,1-2H3. The van der Waals surface area contributed by atoms with Crippen LogP contribution in [0.2, 0.25) is 0 Å². The van der Waals surface area contributed by atoms with Crippen LogP contribution in [0.3, 0.4) is 0 Å². The molecule has 0 saturated carbocycles. The smallest absolute Gasteiger partial charge is 0.119 e. The quantitative estimate of drug-likeness (QED) is 0.756. The fourth-order valence-electron chi connectivity index (χ4n) is 1.86. The Hall–Kier alpha value is -2.20. The third-order valence-electron chi connectivity index (χ3n) is 3.07. The average Bonchev–Trinajstić information content (AvgIpc) is 2.55. The van der Waals surface area contributed by atoms with Crippen molar-refractivity contribution in [2.75, 3.05) is 32.8 Å². The van der Waals surface area contributed by atoms with Crippen LogP contribution in [0.4, 0.5) is 5.69 Å². The molecule has 0 fully saturated rings. The highest BCUT2D eigenvalue weighted by molar-refractivity contribution is 5.46. The average molecular weight is 287 g/mol. The minimum Gasteiger partial charge on any atom is -0.497 e. The summed E-state index contributed by atoms with van der Waals surface area (Å²) in [6, 6.07) is 15.9. The lowest BCUT2D eigenvalue weighted by Gasteiger charge is -2.09. The molecule has 0 unspecified atom stereocenters. The minimum absolute atomic E-state index is 0.569. The lowest BCUT2D eigenvalue weighted by molar-refractivity contribution is 0.146. The molecular formula is C17H21NO3. The van der Waals surface area contributed by atoms with Crippen molar-refractivity contribution in [1.82, 2.24) is 0 Å². The van der Waals surface area contributed by atoms with Gasteiger partial charge in [-0.1, -0.05) is 12.1 Å². The molecule has 0 aliphatic heterocycles. The van der Waals surface area contributed by atoms with E-state index in [2.05, 4.69) is 17.4 Å². The summed E-state index contributed by atoms with van der Waals surface area (Å²) >= 11 is 0. The van der Waals surface area contributed by atoms with Gasteiger partial charge < -0.3 is 19.5 Å². The molecule has 0 bridgehead atoms. The van der Waals surface area contributed by atoms with E-state index in [0.29, 0.717) is 13.2 Å². The first-order valence-electron chi connectivity index (χ1n) is 6.90. The second-order valence-electron chi connectivity index (χ2n) is 4.57. The molecule has 4 heteroatoms. The number of ether oxygens (including phenoxy) is 3. The molecule has 0 radical (unpaired) electrons. The van der Waals surface area contributed by atoms with Crippen LogP contribution in [0.15, 0.2) is 48.5 Å². The van der Waals surface area contributed by atoms with Crippen LogP contribution in [-0.2, 0) is 11.3 Å². The van der Waals surface area contributed by atoms with Gasteiger partial charge in [-0.05, 0) is 42.0 Å². The van der Waals surface area contributed by atoms with Crippen LogP contribution < -0.4 is 14.8 Å². The highest BCUT2D eigenvalue weighted by Crippen LogP contribution is 2.17. The zero-order chi connectivity index (χ0) is 14.9. The zero-order valence-electron chi connectivity index (χ0n) is 12.5. The zero-order valence-corrected chi connectivity index (χ0v) is 12.5. The van der Waals surface area contributed by atoms with E-state index in [1.807, 2.05) is 36.4 Å². The molecule has 0 aromatic heterocycles. The third kappa shape index (κ3) is 5.00. The van der Waals surface area contributed by atoms with Crippen molar-refractivity contribution in [2.45, 2.75) is 6.54 Å². The number of benzene rings is 2. The highest BCUT2D eigenvalue weighted by Gasteiger charge is 1.97. The monoisotopic (exact) mass is 287 g/mol. The summed E-state index contributed by atoms with van der Waals surface area (Å²) < 4.78 is 15.6. The summed E-state index contributed by atoms with van der Waals surface area (Å²) in [7, 11) is 3.33. The van der Waals surface area contributed by atoms with Crippen molar-refractivity contribution in [1.29, 1.82) is 0 Å². The Morgan fingerprint density at radius 2 is 1.48 bits per heavy atom. The van der Waals surface area contributed by atoms with Gasteiger partial charge in [-0.3, -0.25) is 0 Å². The second kappa shape index (κ2) is 8.17. The summed E-state index contributed by atoms with van der Waals surface area (Å²) in [5.74, 6) is 1.72. The Kier molecular flexibility index (Phi) is 5.91. The summed E-state index contributed by atoms with van der Waals surface area (Å²) in [6.07, 6.45) is 0. The molecule has 1 N–H and O–H groups in total. The van der Waals surface area contributed by atoms with E-state index in [1.165, 1.54) is 5.56 Å². The maximum Gasteiger partial charge on any atom is 0.119 e. The molecular weight excluding hydrogens is 266 g/mol. The van der Waals surface area contributed by atoms with Gasteiger partial charge in [-0.15, -0.1) is 0 Å². The van der Waals surface area contributed by atoms with Gasteiger partial charge in [0.2, 0.25) is 0 Å². The molecule has 0 amide bonds. The summed E-state index contributed by atoms with van der Waals surface area (Å²) in [5.41, 5.74) is 2.26. The molecule has 2 aromatic rings.